The second kappa shape index (κ2) is 4.18. The first kappa shape index (κ1) is 10.4. The summed E-state index contributed by atoms with van der Waals surface area (Å²) in [6.45, 7) is 0. The lowest BCUT2D eigenvalue weighted by molar-refractivity contribution is 0.414. The van der Waals surface area contributed by atoms with Gasteiger partial charge in [-0.1, -0.05) is 0 Å². The number of aromatic nitrogens is 1. The molecule has 0 bridgehead atoms. The summed E-state index contributed by atoms with van der Waals surface area (Å²) < 4.78 is 18.5. The molecule has 0 amide bonds. The van der Waals surface area contributed by atoms with Gasteiger partial charge in [-0.2, -0.15) is 0 Å². The first-order valence-corrected chi connectivity index (χ1v) is 4.69. The highest BCUT2D eigenvalue weighted by Gasteiger charge is 2.07. The van der Waals surface area contributed by atoms with E-state index in [-0.39, 0.29) is 11.6 Å². The molecule has 2 aromatic rings. The molecule has 1 aromatic carbocycles. The number of nitrogens with zero attached hydrogens (tertiary/aromatic N) is 1. The number of aromatic hydroxyl groups is 1. The van der Waals surface area contributed by atoms with Gasteiger partial charge in [-0.15, -0.1) is 0 Å². The van der Waals surface area contributed by atoms with Crippen LogP contribution in [0.15, 0.2) is 36.5 Å². The molecule has 0 fully saturated rings. The average molecular weight is 219 g/mol. The molecular formula is C12H10FNO2. The molecule has 0 atom stereocenters. The molecule has 3 nitrogen and oxygen atoms in total. The van der Waals surface area contributed by atoms with Crippen molar-refractivity contribution in [2.45, 2.75) is 0 Å². The molecule has 0 radical (unpaired) electrons. The molecule has 0 saturated heterocycles. The Hall–Kier alpha value is -2.10. The lowest BCUT2D eigenvalue weighted by Crippen LogP contribution is -1.90. The Bertz CT molecular complexity index is 497. The Morgan fingerprint density at radius 1 is 1.25 bits per heavy atom. The van der Waals surface area contributed by atoms with Crippen molar-refractivity contribution in [3.8, 4) is 22.8 Å². The molecule has 1 aromatic heterocycles. The zero-order chi connectivity index (χ0) is 11.5. The topological polar surface area (TPSA) is 42.4 Å². The number of hydrogen-bond donors (Lipinski definition) is 1. The normalized spacial score (nSPS) is 10.1. The maximum Gasteiger partial charge on any atom is 0.133 e. The second-order valence-electron chi connectivity index (χ2n) is 3.25. The van der Waals surface area contributed by atoms with E-state index in [1.165, 1.54) is 25.4 Å². The maximum absolute atomic E-state index is 13.5. The molecule has 16 heavy (non-hydrogen) atoms. The van der Waals surface area contributed by atoms with E-state index in [0.29, 0.717) is 17.0 Å². The molecule has 0 saturated carbocycles. The Morgan fingerprint density at radius 3 is 2.69 bits per heavy atom. The van der Waals surface area contributed by atoms with Gasteiger partial charge in [0.1, 0.15) is 17.3 Å². The minimum Gasteiger partial charge on any atom is -0.506 e. The van der Waals surface area contributed by atoms with Crippen molar-refractivity contribution < 1.29 is 14.2 Å². The van der Waals surface area contributed by atoms with Gasteiger partial charge in [-0.3, -0.25) is 4.98 Å². The van der Waals surface area contributed by atoms with Crippen LogP contribution in [0, 0.1) is 5.82 Å². The van der Waals surface area contributed by atoms with Crippen LogP contribution in [0.2, 0.25) is 0 Å². The van der Waals surface area contributed by atoms with Gasteiger partial charge in [0.25, 0.3) is 0 Å². The lowest BCUT2D eigenvalue weighted by atomic mass is 10.1. The fraction of sp³-hybridized carbons (Fsp3) is 0.0833. The highest BCUT2D eigenvalue weighted by Crippen LogP contribution is 2.26. The third-order valence-corrected chi connectivity index (χ3v) is 2.20. The van der Waals surface area contributed by atoms with Crippen molar-refractivity contribution in [1.29, 1.82) is 0 Å². The summed E-state index contributed by atoms with van der Waals surface area (Å²) in [6.07, 6.45) is 1.27. The number of benzene rings is 1. The second-order valence-corrected chi connectivity index (χ2v) is 3.25. The van der Waals surface area contributed by atoms with Crippen LogP contribution in [0.1, 0.15) is 0 Å². The maximum atomic E-state index is 13.5. The zero-order valence-corrected chi connectivity index (χ0v) is 8.64. The number of rotatable bonds is 2. The summed E-state index contributed by atoms with van der Waals surface area (Å²) in [5, 5.41) is 9.09. The van der Waals surface area contributed by atoms with Crippen LogP contribution in [0.4, 0.5) is 4.39 Å². The Labute approximate surface area is 92.1 Å². The molecule has 1 heterocycles. The lowest BCUT2D eigenvalue weighted by Gasteiger charge is -2.05. The fourth-order valence-electron chi connectivity index (χ4n) is 1.37. The van der Waals surface area contributed by atoms with Gasteiger partial charge >= 0.3 is 0 Å². The minimum atomic E-state index is -0.376. The molecule has 82 valence electrons. The summed E-state index contributed by atoms with van der Waals surface area (Å²) in [6, 6.07) is 7.44. The van der Waals surface area contributed by atoms with E-state index < -0.39 is 0 Å². The van der Waals surface area contributed by atoms with Crippen LogP contribution in [0.3, 0.4) is 0 Å². The van der Waals surface area contributed by atoms with Gasteiger partial charge in [0.05, 0.1) is 19.0 Å². The molecule has 0 aliphatic heterocycles. The van der Waals surface area contributed by atoms with Gasteiger partial charge in [0.2, 0.25) is 0 Å². The van der Waals surface area contributed by atoms with Crippen molar-refractivity contribution >= 4 is 0 Å². The molecule has 0 aliphatic rings. The van der Waals surface area contributed by atoms with E-state index in [0.717, 1.165) is 0 Å². The number of methoxy groups -OCH3 is 1. The predicted molar refractivity (Wildman–Crippen MR) is 57.8 cm³/mol. The fourth-order valence-corrected chi connectivity index (χ4v) is 1.37. The summed E-state index contributed by atoms with van der Waals surface area (Å²) in [7, 11) is 1.52. The van der Waals surface area contributed by atoms with Crippen LogP contribution in [0.5, 0.6) is 11.5 Å². The molecule has 0 aliphatic carbocycles. The van der Waals surface area contributed by atoms with Crippen LogP contribution in [-0.4, -0.2) is 17.2 Å². The quantitative estimate of drug-likeness (QED) is 0.844. The van der Waals surface area contributed by atoms with Crippen molar-refractivity contribution in [3.05, 3.63) is 42.3 Å². The molecule has 4 heteroatoms. The molecule has 0 unspecified atom stereocenters. The van der Waals surface area contributed by atoms with E-state index in [4.69, 9.17) is 9.84 Å². The molecule has 2 rings (SSSR count). The first-order chi connectivity index (χ1) is 7.70. The summed E-state index contributed by atoms with van der Waals surface area (Å²) in [5.41, 5.74) is 0.800. The van der Waals surface area contributed by atoms with E-state index in [1.54, 1.807) is 18.2 Å². The SMILES string of the molecule is COc1ccc(F)c(-c2ccc(O)cn2)c1. The molecule has 1 N–H and O–H groups in total. The van der Waals surface area contributed by atoms with Crippen molar-refractivity contribution in [3.63, 3.8) is 0 Å². The van der Waals surface area contributed by atoms with Gasteiger partial charge in [0, 0.05) is 5.56 Å². The van der Waals surface area contributed by atoms with Crippen molar-refractivity contribution in [2.75, 3.05) is 7.11 Å². The van der Waals surface area contributed by atoms with Gasteiger partial charge in [-0.05, 0) is 30.3 Å². The highest BCUT2D eigenvalue weighted by atomic mass is 19.1. The zero-order valence-electron chi connectivity index (χ0n) is 8.64. The van der Waals surface area contributed by atoms with Crippen molar-refractivity contribution in [2.24, 2.45) is 0 Å². The van der Waals surface area contributed by atoms with Gasteiger partial charge in [-0.25, -0.2) is 4.39 Å². The number of halogens is 1. The first-order valence-electron chi connectivity index (χ1n) is 4.69. The van der Waals surface area contributed by atoms with Crippen LogP contribution in [-0.2, 0) is 0 Å². The average Bonchev–Trinajstić information content (AvgIpc) is 2.31. The van der Waals surface area contributed by atoms with Gasteiger partial charge in [0.15, 0.2) is 0 Å². The Morgan fingerprint density at radius 2 is 2.06 bits per heavy atom. The minimum absolute atomic E-state index is 0.0482. The van der Waals surface area contributed by atoms with E-state index in [1.807, 2.05) is 0 Å². The third kappa shape index (κ3) is 1.95. The highest BCUT2D eigenvalue weighted by molar-refractivity contribution is 5.62. The van der Waals surface area contributed by atoms with E-state index in [9.17, 15) is 4.39 Å². The number of pyridine rings is 1. The summed E-state index contributed by atoms with van der Waals surface area (Å²) in [5.74, 6) is 0.234. The smallest absolute Gasteiger partial charge is 0.133 e. The predicted octanol–water partition coefficient (Wildman–Crippen LogP) is 2.60. The van der Waals surface area contributed by atoms with E-state index >= 15 is 0 Å². The monoisotopic (exact) mass is 219 g/mol. The number of ether oxygens (including phenoxy) is 1. The Balaban J connectivity index is 2.50. The summed E-state index contributed by atoms with van der Waals surface area (Å²) >= 11 is 0. The summed E-state index contributed by atoms with van der Waals surface area (Å²) in [4.78, 5) is 3.94. The third-order valence-electron chi connectivity index (χ3n) is 2.20. The van der Waals surface area contributed by atoms with Gasteiger partial charge < -0.3 is 9.84 Å². The molecular weight excluding hydrogens is 209 g/mol. The standard InChI is InChI=1S/C12H10FNO2/c1-16-9-3-4-11(13)10(6-9)12-5-2-8(15)7-14-12/h2-7,15H,1H3. The Kier molecular flexibility index (Phi) is 2.72. The van der Waals surface area contributed by atoms with Crippen LogP contribution >= 0.6 is 0 Å². The largest absolute Gasteiger partial charge is 0.506 e. The number of hydrogen-bond acceptors (Lipinski definition) is 3. The van der Waals surface area contributed by atoms with Crippen LogP contribution < -0.4 is 4.74 Å². The molecule has 0 spiro atoms. The van der Waals surface area contributed by atoms with Crippen molar-refractivity contribution in [1.82, 2.24) is 4.98 Å². The van der Waals surface area contributed by atoms with Crippen LogP contribution in [0.25, 0.3) is 11.3 Å². The van der Waals surface area contributed by atoms with E-state index in [2.05, 4.69) is 4.98 Å².